The third-order valence-corrected chi connectivity index (χ3v) is 7.52. The first-order valence-corrected chi connectivity index (χ1v) is 15.1. The van der Waals surface area contributed by atoms with Gasteiger partial charge in [0, 0.05) is 19.3 Å². The monoisotopic (exact) mass is 830 g/mol. The van der Waals surface area contributed by atoms with Gasteiger partial charge in [-0.1, -0.05) is 25.7 Å². The van der Waals surface area contributed by atoms with E-state index < -0.39 is 137 Å². The zero-order chi connectivity index (χ0) is 38.4. The smallest absolute Gasteiger partial charge is 0.743 e. The van der Waals surface area contributed by atoms with Crippen LogP contribution in [0.4, 0.5) is 83.4 Å². The molecule has 0 N–H and O–H groups in total. The molecule has 1 atom stereocenters. The Labute approximate surface area is 310 Å². The van der Waals surface area contributed by atoms with Gasteiger partial charge in [0.2, 0.25) is 0 Å². The molecule has 29 heteroatoms. The first-order valence-electron chi connectivity index (χ1n) is 12.3. The van der Waals surface area contributed by atoms with Crippen LogP contribution in [-0.2, 0) is 20.2 Å². The standard InChI is InChI=1S/C10H12F10O3S.C10H13F9O3S.2Na/c11-6(4-2-1-3-5-7(12,13)14)8(15,16)9(17,18)10(19,20)24(21,22)23;11-7(12,5-3-1-2-4-6-8(13,14)15)9(16,17)10(18,19)23(20,21)22;;/h6H,1-5H2,(H,21,22,23);1-6H2,(H,20,21,22);;/q;;2*+1/p-2. The predicted octanol–water partition coefficient (Wildman–Crippen LogP) is 2.55. The molecule has 6 nitrogen and oxygen atoms in total. The summed E-state index contributed by atoms with van der Waals surface area (Å²) in [4.78, 5) is 0. The van der Waals surface area contributed by atoms with Gasteiger partial charge in [-0.25, -0.2) is 21.2 Å². The first-order chi connectivity index (χ1) is 20.3. The normalized spacial score (nSPS) is 15.0. The summed E-state index contributed by atoms with van der Waals surface area (Å²) in [5, 5.41) is -13.3. The van der Waals surface area contributed by atoms with Crippen molar-refractivity contribution in [2.75, 3.05) is 0 Å². The maximum absolute atomic E-state index is 13.2. The molecule has 0 heterocycles. The molecule has 0 bridgehead atoms. The summed E-state index contributed by atoms with van der Waals surface area (Å²) in [5.74, 6) is -25.0. The van der Waals surface area contributed by atoms with Gasteiger partial charge in [-0.05, 0) is 25.7 Å². The second-order valence-corrected chi connectivity index (χ2v) is 12.5. The number of alkyl halides is 19. The van der Waals surface area contributed by atoms with E-state index in [0.717, 1.165) is 0 Å². The van der Waals surface area contributed by atoms with Crippen molar-refractivity contribution in [3.8, 4) is 0 Å². The van der Waals surface area contributed by atoms with Crippen molar-refractivity contribution in [1.82, 2.24) is 0 Å². The maximum Gasteiger partial charge on any atom is 1.00 e. The van der Waals surface area contributed by atoms with E-state index in [1.165, 1.54) is 0 Å². The first kappa shape index (κ1) is 56.2. The number of unbranched alkanes of at least 4 members (excludes halogenated alkanes) is 5. The Morgan fingerprint density at radius 1 is 0.449 bits per heavy atom. The molecule has 0 saturated carbocycles. The van der Waals surface area contributed by atoms with Crippen molar-refractivity contribution >= 4 is 20.2 Å². The molecule has 0 spiro atoms. The zero-order valence-electron chi connectivity index (χ0n) is 24.8. The summed E-state index contributed by atoms with van der Waals surface area (Å²) >= 11 is 0. The fourth-order valence-electron chi connectivity index (χ4n) is 3.11. The van der Waals surface area contributed by atoms with E-state index in [9.17, 15) is 109 Å². The Kier molecular flexibility index (Phi) is 22.6. The second-order valence-electron chi connectivity index (χ2n) is 9.63. The average Bonchev–Trinajstić information content (AvgIpc) is 2.82. The summed E-state index contributed by atoms with van der Waals surface area (Å²) in [6.45, 7) is 0. The quantitative estimate of drug-likeness (QED) is 0.0910. The third-order valence-electron chi connectivity index (χ3n) is 5.75. The van der Waals surface area contributed by atoms with Crippen molar-refractivity contribution in [3.05, 3.63) is 0 Å². The molecule has 0 amide bonds. The van der Waals surface area contributed by atoms with Crippen LogP contribution in [0.25, 0.3) is 0 Å². The van der Waals surface area contributed by atoms with Crippen molar-refractivity contribution < 1.29 is 168 Å². The van der Waals surface area contributed by atoms with Crippen molar-refractivity contribution in [3.63, 3.8) is 0 Å². The van der Waals surface area contributed by atoms with Crippen LogP contribution in [-0.4, -0.2) is 78.7 Å². The minimum atomic E-state index is -7.23. The summed E-state index contributed by atoms with van der Waals surface area (Å²) in [6.07, 6.45) is -22.9. The Bertz CT molecular complexity index is 1190. The fraction of sp³-hybridized carbons (Fsp3) is 1.00. The molecule has 49 heavy (non-hydrogen) atoms. The van der Waals surface area contributed by atoms with E-state index in [2.05, 4.69) is 0 Å². The molecule has 0 saturated heterocycles. The van der Waals surface area contributed by atoms with Crippen LogP contribution in [0.1, 0.15) is 70.6 Å². The minimum Gasteiger partial charge on any atom is -0.743 e. The van der Waals surface area contributed by atoms with E-state index >= 15 is 0 Å². The molecule has 0 radical (unpaired) electrons. The molecule has 0 aromatic carbocycles. The fourth-order valence-corrected chi connectivity index (χ4v) is 4.02. The number of hydrogen-bond acceptors (Lipinski definition) is 6. The Hall–Kier alpha value is 0.490. The SMILES string of the molecule is O=S(=O)([O-])C(F)(F)C(F)(F)C(F)(F)C(F)CCCCCC(F)(F)F.O=S(=O)([O-])C(F)(F)C(F)(F)C(F)(F)CCCCCCC(F)(F)F.[Na+].[Na+]. The Morgan fingerprint density at radius 3 is 1.04 bits per heavy atom. The van der Waals surface area contributed by atoms with E-state index in [1.54, 1.807) is 0 Å². The largest absolute Gasteiger partial charge is 1.00 e. The molecular formula is C20H23F19Na2O6S2. The van der Waals surface area contributed by atoms with Crippen LogP contribution in [0, 0.1) is 0 Å². The van der Waals surface area contributed by atoms with Crippen LogP contribution in [0.5, 0.6) is 0 Å². The topological polar surface area (TPSA) is 114 Å². The molecule has 0 aromatic heterocycles. The number of hydrogen-bond donors (Lipinski definition) is 0. The van der Waals surface area contributed by atoms with Crippen LogP contribution >= 0.6 is 0 Å². The molecule has 0 aliphatic carbocycles. The Morgan fingerprint density at radius 2 is 0.735 bits per heavy atom. The minimum absolute atomic E-state index is 0. The van der Waals surface area contributed by atoms with Gasteiger partial charge in [0.25, 0.3) is 0 Å². The van der Waals surface area contributed by atoms with E-state index in [4.69, 9.17) is 0 Å². The maximum atomic E-state index is 13.2. The molecule has 0 rings (SSSR count). The molecular weight excluding hydrogens is 807 g/mol. The van der Waals surface area contributed by atoms with E-state index in [0.29, 0.717) is 0 Å². The van der Waals surface area contributed by atoms with Crippen molar-refractivity contribution in [1.29, 1.82) is 0 Å². The van der Waals surface area contributed by atoms with Gasteiger partial charge in [-0.3, -0.25) is 0 Å². The van der Waals surface area contributed by atoms with Crippen LogP contribution in [0.15, 0.2) is 0 Å². The molecule has 0 aliphatic heterocycles. The van der Waals surface area contributed by atoms with E-state index in [1.807, 2.05) is 0 Å². The average molecular weight is 830 g/mol. The Balaban J connectivity index is -0.000000397. The third kappa shape index (κ3) is 16.2. The summed E-state index contributed by atoms with van der Waals surface area (Å²) in [5.41, 5.74) is 0. The van der Waals surface area contributed by atoms with Crippen LogP contribution in [0.3, 0.4) is 0 Å². The van der Waals surface area contributed by atoms with Gasteiger partial charge < -0.3 is 9.11 Å². The molecule has 0 aliphatic rings. The van der Waals surface area contributed by atoms with Gasteiger partial charge in [-0.15, -0.1) is 0 Å². The second kappa shape index (κ2) is 19.7. The number of halogens is 19. The van der Waals surface area contributed by atoms with Crippen LogP contribution in [0.2, 0.25) is 0 Å². The van der Waals surface area contributed by atoms with Crippen LogP contribution < -0.4 is 59.1 Å². The molecule has 1 unspecified atom stereocenters. The van der Waals surface area contributed by atoms with Gasteiger partial charge >= 0.3 is 106 Å². The molecule has 0 aromatic rings. The van der Waals surface area contributed by atoms with Gasteiger partial charge in [0.15, 0.2) is 26.4 Å². The summed E-state index contributed by atoms with van der Waals surface area (Å²) in [6, 6.07) is 0. The molecule has 0 fully saturated rings. The predicted molar refractivity (Wildman–Crippen MR) is 117 cm³/mol. The van der Waals surface area contributed by atoms with Gasteiger partial charge in [0.05, 0.1) is 0 Å². The van der Waals surface area contributed by atoms with Gasteiger partial charge in [-0.2, -0.15) is 79.0 Å². The molecule has 286 valence electrons. The zero-order valence-corrected chi connectivity index (χ0v) is 30.4. The van der Waals surface area contributed by atoms with Crippen molar-refractivity contribution in [2.24, 2.45) is 0 Å². The van der Waals surface area contributed by atoms with Gasteiger partial charge in [0.1, 0.15) is 0 Å². The number of rotatable bonds is 18. The van der Waals surface area contributed by atoms with Crippen molar-refractivity contribution in [2.45, 2.75) is 123 Å². The van der Waals surface area contributed by atoms with E-state index in [-0.39, 0.29) is 65.5 Å². The summed E-state index contributed by atoms with van der Waals surface area (Å²) < 4.78 is 299. The summed E-state index contributed by atoms with van der Waals surface area (Å²) in [7, 11) is -14.3.